The van der Waals surface area contributed by atoms with E-state index >= 15 is 0 Å². The van der Waals surface area contributed by atoms with Gasteiger partial charge in [-0.25, -0.2) is 15.0 Å². The summed E-state index contributed by atoms with van der Waals surface area (Å²) in [6.07, 6.45) is 11.4. The number of aromatic nitrogens is 5. The zero-order chi connectivity index (χ0) is 17.2. The minimum atomic E-state index is -0.100. The van der Waals surface area contributed by atoms with E-state index in [0.717, 1.165) is 36.4 Å². The highest BCUT2D eigenvalue weighted by molar-refractivity contribution is 5.96. The largest absolute Gasteiger partial charge is 0.352 e. The molecule has 0 spiro atoms. The molecule has 0 bridgehead atoms. The van der Waals surface area contributed by atoms with E-state index < -0.39 is 0 Å². The van der Waals surface area contributed by atoms with Crippen LogP contribution in [-0.2, 0) is 13.0 Å². The maximum atomic E-state index is 12.3. The number of nitrogens with zero attached hydrogens (tertiary/aromatic N) is 5. The normalized spacial score (nSPS) is 14.1. The van der Waals surface area contributed by atoms with Crippen LogP contribution in [-0.4, -0.2) is 36.5 Å². The van der Waals surface area contributed by atoms with Gasteiger partial charge in [-0.05, 0) is 25.3 Å². The lowest BCUT2D eigenvalue weighted by Crippen LogP contribution is -2.25. The fourth-order valence-electron chi connectivity index (χ4n) is 3.07. The van der Waals surface area contributed by atoms with Gasteiger partial charge in [0.05, 0.1) is 11.9 Å². The van der Waals surface area contributed by atoms with E-state index in [9.17, 15) is 4.79 Å². The first-order valence-corrected chi connectivity index (χ1v) is 8.87. The van der Waals surface area contributed by atoms with Crippen molar-refractivity contribution in [3.8, 4) is 0 Å². The Balaban J connectivity index is 1.34. The molecule has 1 fully saturated rings. The molecule has 3 aromatic heterocycles. The van der Waals surface area contributed by atoms with Crippen LogP contribution in [0.15, 0.2) is 31.0 Å². The minimum absolute atomic E-state index is 0.100. The van der Waals surface area contributed by atoms with Gasteiger partial charge in [-0.15, -0.1) is 0 Å². The van der Waals surface area contributed by atoms with Crippen LogP contribution in [0, 0.1) is 0 Å². The van der Waals surface area contributed by atoms with Gasteiger partial charge in [0.2, 0.25) is 0 Å². The predicted octanol–water partition coefficient (Wildman–Crippen LogP) is 2.35. The van der Waals surface area contributed by atoms with Gasteiger partial charge < -0.3 is 14.5 Å². The van der Waals surface area contributed by atoms with E-state index in [0.29, 0.717) is 18.2 Å². The molecule has 3 aromatic rings. The maximum absolute atomic E-state index is 12.3. The quantitative estimate of drug-likeness (QED) is 0.671. The van der Waals surface area contributed by atoms with Crippen LogP contribution in [0.4, 0.5) is 0 Å². The highest BCUT2D eigenvalue weighted by atomic mass is 16.1. The lowest BCUT2D eigenvalue weighted by atomic mass is 10.2. The van der Waals surface area contributed by atoms with Gasteiger partial charge in [-0.1, -0.05) is 6.92 Å². The summed E-state index contributed by atoms with van der Waals surface area (Å²) in [6.45, 7) is 3.57. The zero-order valence-electron chi connectivity index (χ0n) is 14.4. The van der Waals surface area contributed by atoms with Crippen molar-refractivity contribution in [1.29, 1.82) is 0 Å². The highest BCUT2D eigenvalue weighted by Crippen LogP contribution is 2.36. The molecular weight excluding hydrogens is 316 g/mol. The molecule has 130 valence electrons. The Labute approximate surface area is 146 Å². The fraction of sp³-hybridized carbons (Fsp3) is 0.444. The molecule has 1 saturated carbocycles. The minimum Gasteiger partial charge on any atom is -0.352 e. The van der Waals surface area contributed by atoms with E-state index in [1.165, 1.54) is 12.8 Å². The van der Waals surface area contributed by atoms with Gasteiger partial charge in [0.15, 0.2) is 5.65 Å². The molecule has 0 unspecified atom stereocenters. The molecule has 0 saturated heterocycles. The molecule has 0 radical (unpaired) electrons. The smallest absolute Gasteiger partial charge is 0.252 e. The third kappa shape index (κ3) is 3.26. The van der Waals surface area contributed by atoms with Crippen LogP contribution < -0.4 is 5.32 Å². The maximum Gasteiger partial charge on any atom is 0.252 e. The van der Waals surface area contributed by atoms with Gasteiger partial charge in [-0.3, -0.25) is 4.79 Å². The van der Waals surface area contributed by atoms with E-state index in [2.05, 4.69) is 36.3 Å². The van der Waals surface area contributed by atoms with Crippen molar-refractivity contribution in [2.45, 2.75) is 45.2 Å². The molecule has 0 aromatic carbocycles. The van der Waals surface area contributed by atoms with Crippen molar-refractivity contribution < 1.29 is 4.79 Å². The molecule has 1 aliphatic carbocycles. The first-order chi connectivity index (χ1) is 12.3. The van der Waals surface area contributed by atoms with Gasteiger partial charge in [0.1, 0.15) is 11.3 Å². The monoisotopic (exact) mass is 338 g/mol. The zero-order valence-corrected chi connectivity index (χ0v) is 14.4. The second kappa shape index (κ2) is 6.66. The molecule has 7 nitrogen and oxygen atoms in total. The summed E-state index contributed by atoms with van der Waals surface area (Å²) in [7, 11) is 0. The van der Waals surface area contributed by atoms with Crippen LogP contribution in [0.2, 0.25) is 0 Å². The number of hydrogen-bond acceptors (Lipinski definition) is 4. The number of imidazole rings is 2. The number of hydrogen-bond donors (Lipinski definition) is 1. The summed E-state index contributed by atoms with van der Waals surface area (Å²) < 4.78 is 4.23. The molecular formula is C18H22N6O. The van der Waals surface area contributed by atoms with Gasteiger partial charge in [0.25, 0.3) is 5.91 Å². The van der Waals surface area contributed by atoms with Crippen LogP contribution >= 0.6 is 0 Å². The van der Waals surface area contributed by atoms with Crippen molar-refractivity contribution >= 4 is 17.1 Å². The number of pyridine rings is 1. The number of rotatable bonds is 7. The van der Waals surface area contributed by atoms with Crippen LogP contribution in [0.5, 0.6) is 0 Å². The number of nitrogens with one attached hydrogen (secondary N) is 1. The van der Waals surface area contributed by atoms with Crippen LogP contribution in [0.25, 0.3) is 11.2 Å². The lowest BCUT2D eigenvalue weighted by Gasteiger charge is -2.08. The van der Waals surface area contributed by atoms with E-state index in [4.69, 9.17) is 0 Å². The molecule has 1 N–H and O–H groups in total. The standard InChI is InChI=1S/C18H22N6O/c1-2-16-19-7-9-23(16)8-3-6-20-18(25)13-10-15-17(21-11-13)24(12-22-15)14-4-5-14/h7,9-12,14H,2-6,8H2,1H3,(H,20,25). The van der Waals surface area contributed by atoms with Crippen molar-refractivity contribution in [3.63, 3.8) is 0 Å². The van der Waals surface area contributed by atoms with Crippen LogP contribution in [0.1, 0.15) is 48.4 Å². The van der Waals surface area contributed by atoms with Crippen molar-refractivity contribution in [2.75, 3.05) is 6.54 Å². The summed E-state index contributed by atoms with van der Waals surface area (Å²) in [4.78, 5) is 25.4. The molecule has 3 heterocycles. The summed E-state index contributed by atoms with van der Waals surface area (Å²) in [5.41, 5.74) is 2.21. The Bertz CT molecular complexity index is 892. The second-order valence-electron chi connectivity index (χ2n) is 6.45. The van der Waals surface area contributed by atoms with Crippen molar-refractivity contribution in [2.24, 2.45) is 0 Å². The Kier molecular flexibility index (Phi) is 4.21. The number of amides is 1. The molecule has 25 heavy (non-hydrogen) atoms. The summed E-state index contributed by atoms with van der Waals surface area (Å²) in [5, 5.41) is 2.96. The predicted molar refractivity (Wildman–Crippen MR) is 94.4 cm³/mol. The summed E-state index contributed by atoms with van der Waals surface area (Å²) >= 11 is 0. The third-order valence-electron chi connectivity index (χ3n) is 4.59. The Hall–Kier alpha value is -2.70. The second-order valence-corrected chi connectivity index (χ2v) is 6.45. The molecule has 1 aliphatic rings. The van der Waals surface area contributed by atoms with Crippen molar-refractivity contribution in [3.05, 3.63) is 42.4 Å². The van der Waals surface area contributed by atoms with E-state index in [1.807, 2.05) is 24.8 Å². The number of carbonyl (C=O) groups excluding carboxylic acids is 1. The molecule has 0 aliphatic heterocycles. The number of aryl methyl sites for hydroxylation is 2. The molecule has 4 rings (SSSR count). The average molecular weight is 338 g/mol. The molecule has 7 heteroatoms. The average Bonchev–Trinajstić information content (AvgIpc) is 3.22. The number of carbonyl (C=O) groups is 1. The fourth-order valence-corrected chi connectivity index (χ4v) is 3.07. The highest BCUT2D eigenvalue weighted by Gasteiger charge is 2.25. The van der Waals surface area contributed by atoms with Gasteiger partial charge >= 0.3 is 0 Å². The first-order valence-electron chi connectivity index (χ1n) is 8.87. The Morgan fingerprint density at radius 2 is 2.20 bits per heavy atom. The topological polar surface area (TPSA) is 77.6 Å². The SMILES string of the molecule is CCc1nccn1CCCNC(=O)c1cnc2c(c1)ncn2C1CC1. The van der Waals surface area contributed by atoms with Crippen LogP contribution in [0.3, 0.4) is 0 Å². The van der Waals surface area contributed by atoms with Gasteiger partial charge in [-0.2, -0.15) is 0 Å². The Morgan fingerprint density at radius 3 is 3.00 bits per heavy atom. The molecule has 1 amide bonds. The van der Waals surface area contributed by atoms with E-state index in [1.54, 1.807) is 6.20 Å². The van der Waals surface area contributed by atoms with Crippen molar-refractivity contribution in [1.82, 2.24) is 29.4 Å². The Morgan fingerprint density at radius 1 is 1.32 bits per heavy atom. The van der Waals surface area contributed by atoms with Gasteiger partial charge in [0, 0.05) is 44.1 Å². The third-order valence-corrected chi connectivity index (χ3v) is 4.59. The first kappa shape index (κ1) is 15.8. The molecule has 0 atom stereocenters. The summed E-state index contributed by atoms with van der Waals surface area (Å²) in [6, 6.07) is 2.36. The summed E-state index contributed by atoms with van der Waals surface area (Å²) in [5.74, 6) is 0.976. The number of fused-ring (bicyclic) bond motifs is 1. The lowest BCUT2D eigenvalue weighted by molar-refractivity contribution is 0.0952. The van der Waals surface area contributed by atoms with E-state index in [-0.39, 0.29) is 5.91 Å².